The molecule has 2 aliphatic heterocycles. The minimum Gasteiger partial charge on any atom is -0.511 e. The average Bonchev–Trinajstić information content (AvgIpc) is 3.57. The van der Waals surface area contributed by atoms with E-state index < -0.39 is 76.6 Å². The first-order valence-electron chi connectivity index (χ1n) is 21.4. The van der Waals surface area contributed by atoms with Crippen LogP contribution in [0.2, 0.25) is 15.2 Å². The SMILES string of the molecule is CCC1CC23OC(=O)C(=C(O)C4(CC)C(C=CC5C(OC6CC(O)C(NC(=O)c7c(Cl)c(Cl)c(Cl)n7C)C(C)O6)C(C)CCC54)C/C=C/C/C(C)=C/C2(C)C=C1C(=O)O)C3=O. The van der Waals surface area contributed by atoms with Crippen LogP contribution in [-0.4, -0.2) is 79.8 Å². The highest BCUT2D eigenvalue weighted by atomic mass is 35.5. The van der Waals surface area contributed by atoms with Crippen molar-refractivity contribution in [3.05, 3.63) is 79.8 Å². The molecule has 2 bridgehead atoms. The zero-order valence-corrected chi connectivity index (χ0v) is 37.9. The Hall–Kier alpha value is -3.39. The number of amides is 1. The highest BCUT2D eigenvalue weighted by Crippen LogP contribution is 2.61. The second-order valence-corrected chi connectivity index (χ2v) is 19.4. The summed E-state index contributed by atoms with van der Waals surface area (Å²) < 4.78 is 20.8. The van der Waals surface area contributed by atoms with E-state index in [1.165, 1.54) is 4.57 Å². The van der Waals surface area contributed by atoms with Crippen LogP contribution in [0.5, 0.6) is 0 Å². The number of nitrogens with zero attached hydrogens (tertiary/aromatic N) is 1. The first-order valence-corrected chi connectivity index (χ1v) is 22.6. The molecule has 1 saturated carbocycles. The minimum absolute atomic E-state index is 0.000167. The molecule has 0 aromatic carbocycles. The molecule has 4 N–H and O–H groups in total. The molecule has 12 nitrogen and oxygen atoms in total. The van der Waals surface area contributed by atoms with Gasteiger partial charge in [-0.25, -0.2) is 9.59 Å². The highest BCUT2D eigenvalue weighted by molar-refractivity contribution is 6.49. The normalized spacial score (nSPS) is 40.2. The van der Waals surface area contributed by atoms with E-state index in [1.54, 1.807) is 27.0 Å². The Morgan fingerprint density at radius 3 is 2.41 bits per heavy atom. The Morgan fingerprint density at radius 1 is 1.07 bits per heavy atom. The number of carbonyl (C=O) groups excluding carboxylic acids is 3. The van der Waals surface area contributed by atoms with Crippen LogP contribution < -0.4 is 5.32 Å². The maximum Gasteiger partial charge on any atom is 0.346 e. The van der Waals surface area contributed by atoms with Gasteiger partial charge in [0, 0.05) is 36.8 Å². The Bertz CT molecular complexity index is 2120. The van der Waals surface area contributed by atoms with Gasteiger partial charge in [0.1, 0.15) is 22.2 Å². The molecule has 1 aromatic rings. The number of aliphatic hydroxyl groups is 2. The van der Waals surface area contributed by atoms with Crippen LogP contribution in [0.1, 0.15) is 103 Å². The fraction of sp³-hybridized carbons (Fsp3) is 0.609. The number of nitrogens with one attached hydrogen (secondary N) is 1. The van der Waals surface area contributed by atoms with E-state index in [-0.39, 0.29) is 74.3 Å². The standard InChI is InChI=1S/C46H57Cl3N2O10/c1-8-25-20-46-39(54)32(43(58)61-46)38(53)45(9-2)26(13-11-10-12-22(3)19-44(46,6)21-28(25)42(56)57)15-16-27-29(45)17-14-23(4)37(27)60-31-18-30(52)35(24(5)59-31)50-41(55)36-33(47)34(48)40(49)51(36)7/h10-11,15-16,19,21,23-27,29-31,35,37,52-53H,8-9,12-14,17-18,20H2,1-7H3,(H,50,55)(H,56,57)/b11-10+,22-19+,38-32?. The number of hydrogen-bond donors (Lipinski definition) is 4. The van der Waals surface area contributed by atoms with Gasteiger partial charge in [0.05, 0.1) is 39.8 Å². The summed E-state index contributed by atoms with van der Waals surface area (Å²) in [5.41, 5.74) is -3.39. The van der Waals surface area contributed by atoms with E-state index in [4.69, 9.17) is 49.0 Å². The van der Waals surface area contributed by atoms with Crippen molar-refractivity contribution in [1.29, 1.82) is 0 Å². The van der Waals surface area contributed by atoms with E-state index in [9.17, 15) is 29.7 Å². The number of allylic oxidation sites excluding steroid dienone is 5. The number of carbonyl (C=O) groups is 4. The largest absolute Gasteiger partial charge is 0.511 e. The average molecular weight is 904 g/mol. The number of hydrogen-bond acceptors (Lipinski definition) is 9. The van der Waals surface area contributed by atoms with Gasteiger partial charge in [-0.2, -0.15) is 0 Å². The number of fused-ring (bicyclic) bond motifs is 4. The summed E-state index contributed by atoms with van der Waals surface area (Å²) >= 11 is 18.7. The molecule has 6 aliphatic rings. The second kappa shape index (κ2) is 17.0. The Balaban J connectivity index is 1.22. The second-order valence-electron chi connectivity index (χ2n) is 18.3. The van der Waals surface area contributed by atoms with Crippen molar-refractivity contribution >= 4 is 58.4 Å². The lowest BCUT2D eigenvalue weighted by atomic mass is 9.51. The topological polar surface area (TPSA) is 174 Å². The number of esters is 1. The molecular formula is C46H57Cl3N2O10. The molecule has 1 amide bonds. The number of rotatable bonds is 7. The van der Waals surface area contributed by atoms with Gasteiger partial charge in [-0.1, -0.05) is 97.6 Å². The highest BCUT2D eigenvalue weighted by Gasteiger charge is 2.67. The summed E-state index contributed by atoms with van der Waals surface area (Å²) in [7, 11) is 1.56. The van der Waals surface area contributed by atoms with E-state index in [2.05, 4.69) is 36.5 Å². The van der Waals surface area contributed by atoms with Crippen molar-refractivity contribution in [3.63, 3.8) is 0 Å². The van der Waals surface area contributed by atoms with Crippen molar-refractivity contribution in [2.45, 2.75) is 129 Å². The quantitative estimate of drug-likeness (QED) is 0.118. The van der Waals surface area contributed by atoms with Gasteiger partial charge in [-0.15, -0.1) is 0 Å². The van der Waals surface area contributed by atoms with Crippen molar-refractivity contribution in [1.82, 2.24) is 9.88 Å². The molecule has 13 unspecified atom stereocenters. The van der Waals surface area contributed by atoms with Gasteiger partial charge in [-0.3, -0.25) is 9.59 Å². The van der Waals surface area contributed by atoms with Crippen molar-refractivity contribution in [2.24, 2.45) is 47.5 Å². The summed E-state index contributed by atoms with van der Waals surface area (Å²) in [5.74, 6) is -4.83. The van der Waals surface area contributed by atoms with Crippen LogP contribution in [0, 0.1) is 40.4 Å². The molecule has 15 heteroatoms. The molecule has 7 rings (SSSR count). The number of carboxylic acid groups (broad SMARTS) is 1. The molecule has 1 spiro atoms. The fourth-order valence-electron chi connectivity index (χ4n) is 11.6. The van der Waals surface area contributed by atoms with Gasteiger partial charge in [0.25, 0.3) is 5.91 Å². The third-order valence-electron chi connectivity index (χ3n) is 14.9. The molecule has 13 atom stereocenters. The molecule has 2 saturated heterocycles. The van der Waals surface area contributed by atoms with Crippen LogP contribution in [0.4, 0.5) is 0 Å². The lowest BCUT2D eigenvalue weighted by Crippen LogP contribution is -2.58. The van der Waals surface area contributed by atoms with Crippen molar-refractivity contribution in [2.75, 3.05) is 0 Å². The Labute approximate surface area is 372 Å². The first kappa shape index (κ1) is 45.6. The van der Waals surface area contributed by atoms with Gasteiger partial charge in [0.15, 0.2) is 11.9 Å². The number of aromatic nitrogens is 1. The van der Waals surface area contributed by atoms with Gasteiger partial charge < -0.3 is 39.4 Å². The monoisotopic (exact) mass is 902 g/mol. The third-order valence-corrected chi connectivity index (χ3v) is 16.3. The van der Waals surface area contributed by atoms with Gasteiger partial charge in [0.2, 0.25) is 5.78 Å². The fourth-order valence-corrected chi connectivity index (χ4v) is 12.4. The van der Waals surface area contributed by atoms with Crippen LogP contribution in [0.15, 0.2) is 58.9 Å². The van der Waals surface area contributed by atoms with Crippen LogP contribution >= 0.6 is 34.8 Å². The molecular weight excluding hydrogens is 847 g/mol. The van der Waals surface area contributed by atoms with Crippen LogP contribution in [0.25, 0.3) is 0 Å². The number of aliphatic carboxylic acids is 1. The molecule has 0 radical (unpaired) electrons. The number of ether oxygens (including phenoxy) is 3. The number of ketones is 1. The molecule has 1 aromatic heterocycles. The molecule has 3 fully saturated rings. The molecule has 4 aliphatic carbocycles. The molecule has 61 heavy (non-hydrogen) atoms. The Morgan fingerprint density at radius 2 is 1.79 bits per heavy atom. The van der Waals surface area contributed by atoms with E-state index >= 15 is 4.79 Å². The summed E-state index contributed by atoms with van der Waals surface area (Å²) in [6.07, 6.45) is 12.1. The first-order chi connectivity index (χ1) is 28.8. The number of aliphatic hydroxyl groups excluding tert-OH is 2. The maximum atomic E-state index is 15.2. The predicted molar refractivity (Wildman–Crippen MR) is 230 cm³/mol. The number of Topliss-reactive ketones (excluding diaryl/α,β-unsaturated/α-hetero) is 1. The number of carboxylic acids is 1. The molecule has 3 heterocycles. The lowest BCUT2D eigenvalue weighted by molar-refractivity contribution is -0.258. The van der Waals surface area contributed by atoms with E-state index in [1.807, 2.05) is 26.8 Å². The zero-order valence-electron chi connectivity index (χ0n) is 35.7. The minimum atomic E-state index is -1.76. The lowest BCUT2D eigenvalue weighted by Gasteiger charge is -2.55. The third kappa shape index (κ3) is 7.34. The van der Waals surface area contributed by atoms with Gasteiger partial charge in [-0.05, 0) is 83.0 Å². The summed E-state index contributed by atoms with van der Waals surface area (Å²) in [6.45, 7) is 11.3. The Kier molecular flexibility index (Phi) is 12.7. The zero-order chi connectivity index (χ0) is 44.5. The van der Waals surface area contributed by atoms with Crippen LogP contribution in [0.3, 0.4) is 0 Å². The maximum absolute atomic E-state index is 15.2. The summed E-state index contributed by atoms with van der Waals surface area (Å²) in [4.78, 5) is 55.4. The van der Waals surface area contributed by atoms with E-state index in [0.29, 0.717) is 38.5 Å². The summed E-state index contributed by atoms with van der Waals surface area (Å²) in [6, 6.07) is -0.807. The van der Waals surface area contributed by atoms with Crippen molar-refractivity contribution < 1.29 is 48.7 Å². The van der Waals surface area contributed by atoms with E-state index in [0.717, 1.165) is 5.57 Å². The smallest absolute Gasteiger partial charge is 0.346 e. The number of halogens is 3. The predicted octanol–water partition coefficient (Wildman–Crippen LogP) is 8.63. The van der Waals surface area contributed by atoms with Crippen molar-refractivity contribution in [3.8, 4) is 0 Å². The van der Waals surface area contributed by atoms with Crippen LogP contribution in [-0.2, 0) is 35.6 Å². The molecule has 332 valence electrons. The van der Waals surface area contributed by atoms with Gasteiger partial charge >= 0.3 is 11.9 Å². The summed E-state index contributed by atoms with van der Waals surface area (Å²) in [5, 5.41) is 37.5.